The van der Waals surface area contributed by atoms with Crippen LogP contribution < -0.4 is 15.2 Å². The van der Waals surface area contributed by atoms with Crippen LogP contribution in [0.2, 0.25) is 0 Å². The molecular formula is C20H32N2O4S. The van der Waals surface area contributed by atoms with Gasteiger partial charge < -0.3 is 24.8 Å². The van der Waals surface area contributed by atoms with Crippen molar-refractivity contribution in [2.24, 2.45) is 11.1 Å². The number of methoxy groups -OCH3 is 2. The van der Waals surface area contributed by atoms with Crippen LogP contribution in [0.5, 0.6) is 11.5 Å². The van der Waals surface area contributed by atoms with Gasteiger partial charge in [0, 0.05) is 36.9 Å². The van der Waals surface area contributed by atoms with Crippen molar-refractivity contribution >= 4 is 17.7 Å². The molecule has 0 bridgehead atoms. The van der Waals surface area contributed by atoms with E-state index < -0.39 is 11.0 Å². The molecule has 7 heteroatoms. The van der Waals surface area contributed by atoms with Gasteiger partial charge in [0.15, 0.2) is 11.5 Å². The molecule has 1 aliphatic carbocycles. The fourth-order valence-electron chi connectivity index (χ4n) is 3.68. The summed E-state index contributed by atoms with van der Waals surface area (Å²) >= 11 is 1.61. The fraction of sp³-hybridized carbons (Fsp3) is 0.650. The third-order valence-electron chi connectivity index (χ3n) is 5.75. The Labute approximate surface area is 166 Å². The largest absolute Gasteiger partial charge is 0.493 e. The van der Waals surface area contributed by atoms with E-state index in [9.17, 15) is 4.79 Å². The molecule has 1 aromatic carbocycles. The summed E-state index contributed by atoms with van der Waals surface area (Å²) in [7, 11) is 5.01. The highest BCUT2D eigenvalue weighted by atomic mass is 32.2. The first-order valence-electron chi connectivity index (χ1n) is 9.11. The number of carbonyl (C=O) groups is 1. The second-order valence-corrected chi connectivity index (χ2v) is 8.37. The van der Waals surface area contributed by atoms with Crippen LogP contribution in [0.3, 0.4) is 0 Å². The molecule has 6 nitrogen and oxygen atoms in total. The Balaban J connectivity index is 2.22. The predicted octanol–water partition coefficient (Wildman–Crippen LogP) is 2.92. The molecule has 1 saturated carbocycles. The minimum absolute atomic E-state index is 0.00712. The van der Waals surface area contributed by atoms with Gasteiger partial charge in [-0.3, -0.25) is 4.79 Å². The van der Waals surface area contributed by atoms with E-state index in [1.54, 1.807) is 37.9 Å². The Kier molecular flexibility index (Phi) is 6.71. The number of nitrogens with two attached hydrogens (primary N) is 1. The normalized spacial score (nSPS) is 23.5. The maximum Gasteiger partial charge on any atom is 0.243 e. The molecule has 2 atom stereocenters. The highest BCUT2D eigenvalue weighted by Gasteiger charge is 2.63. The molecule has 0 saturated heterocycles. The average molecular weight is 397 g/mol. The summed E-state index contributed by atoms with van der Waals surface area (Å²) < 4.78 is 16.5. The summed E-state index contributed by atoms with van der Waals surface area (Å²) in [6.07, 6.45) is 2.55. The second-order valence-electron chi connectivity index (χ2n) is 7.52. The quantitative estimate of drug-likeness (QED) is 0.681. The lowest BCUT2D eigenvalue weighted by molar-refractivity contribution is -0.178. The molecule has 1 aromatic rings. The number of rotatable bonds is 8. The molecule has 0 aliphatic heterocycles. The minimum atomic E-state index is -0.919. The average Bonchev–Trinajstić information content (AvgIpc) is 2.66. The van der Waals surface area contributed by atoms with E-state index >= 15 is 0 Å². The maximum absolute atomic E-state index is 13.2. The molecule has 152 valence electrons. The zero-order valence-electron chi connectivity index (χ0n) is 17.4. The van der Waals surface area contributed by atoms with Crippen molar-refractivity contribution in [3.63, 3.8) is 0 Å². The number of ether oxygens (including phenoxy) is 3. The van der Waals surface area contributed by atoms with Gasteiger partial charge in [-0.2, -0.15) is 0 Å². The summed E-state index contributed by atoms with van der Waals surface area (Å²) in [5.41, 5.74) is 6.22. The molecule has 1 amide bonds. The second kappa shape index (κ2) is 8.29. The molecule has 0 spiro atoms. The number of nitrogens with zero attached hydrogens (tertiary/aromatic N) is 1. The van der Waals surface area contributed by atoms with Gasteiger partial charge in [0.2, 0.25) is 5.91 Å². The Morgan fingerprint density at radius 2 is 1.89 bits per heavy atom. The summed E-state index contributed by atoms with van der Waals surface area (Å²) in [6.45, 7) is 7.04. The molecular weight excluding hydrogens is 364 g/mol. The van der Waals surface area contributed by atoms with Gasteiger partial charge in [-0.25, -0.2) is 0 Å². The number of benzene rings is 1. The van der Waals surface area contributed by atoms with Crippen molar-refractivity contribution in [1.29, 1.82) is 0 Å². The highest BCUT2D eigenvalue weighted by molar-refractivity contribution is 7.98. The smallest absolute Gasteiger partial charge is 0.243 e. The van der Waals surface area contributed by atoms with Gasteiger partial charge in [-0.1, -0.05) is 13.8 Å². The molecule has 1 fully saturated rings. The first-order chi connectivity index (χ1) is 12.7. The first-order valence-corrected chi connectivity index (χ1v) is 10.3. The molecule has 1 aliphatic rings. The van der Waals surface area contributed by atoms with Crippen molar-refractivity contribution in [2.75, 3.05) is 34.1 Å². The summed E-state index contributed by atoms with van der Waals surface area (Å²) in [5, 5.41) is 0. The van der Waals surface area contributed by atoms with E-state index in [0.29, 0.717) is 31.1 Å². The number of amides is 1. The van der Waals surface area contributed by atoms with Crippen molar-refractivity contribution < 1.29 is 19.0 Å². The van der Waals surface area contributed by atoms with Crippen molar-refractivity contribution in [1.82, 2.24) is 4.90 Å². The van der Waals surface area contributed by atoms with Crippen LogP contribution in [0.4, 0.5) is 0 Å². The molecule has 27 heavy (non-hydrogen) atoms. The summed E-state index contributed by atoms with van der Waals surface area (Å²) in [5.74, 6) is 1.26. The zero-order chi connectivity index (χ0) is 20.4. The van der Waals surface area contributed by atoms with E-state index in [4.69, 9.17) is 19.9 Å². The van der Waals surface area contributed by atoms with Crippen LogP contribution in [-0.4, -0.2) is 56.6 Å². The van der Waals surface area contributed by atoms with E-state index in [0.717, 1.165) is 10.5 Å². The molecule has 2 rings (SSSR count). The first kappa shape index (κ1) is 21.9. The molecule has 0 heterocycles. The number of thioether (sulfide) groups is 1. The molecule has 2 unspecified atom stereocenters. The standard InChI is InChI=1S/C20H32N2O4S/c1-8-26-17-11-20(21,19(17,2)3)18(23)22(4)12-13-9-14(24-5)15(25-6)10-16(13)27-7/h9-10,17H,8,11-12,21H2,1-7H3. The lowest BCUT2D eigenvalue weighted by atomic mass is 9.54. The van der Waals surface area contributed by atoms with Gasteiger partial charge in [-0.15, -0.1) is 11.8 Å². The minimum Gasteiger partial charge on any atom is -0.493 e. The van der Waals surface area contributed by atoms with Gasteiger partial charge in [0.25, 0.3) is 0 Å². The van der Waals surface area contributed by atoms with Gasteiger partial charge in [-0.05, 0) is 30.9 Å². The van der Waals surface area contributed by atoms with Crippen LogP contribution >= 0.6 is 11.8 Å². The Bertz CT molecular complexity index is 695. The number of likely N-dealkylation sites (N-methyl/N-ethyl adjacent to an activating group) is 1. The monoisotopic (exact) mass is 396 g/mol. The fourth-order valence-corrected chi connectivity index (χ4v) is 4.29. The molecule has 0 radical (unpaired) electrons. The van der Waals surface area contributed by atoms with Crippen LogP contribution in [0.1, 0.15) is 32.8 Å². The number of carbonyl (C=O) groups excluding carboxylic acids is 1. The topological polar surface area (TPSA) is 74.0 Å². The van der Waals surface area contributed by atoms with Crippen LogP contribution in [0.15, 0.2) is 17.0 Å². The van der Waals surface area contributed by atoms with E-state index in [2.05, 4.69) is 0 Å². The Hall–Kier alpha value is -1.44. The zero-order valence-corrected chi connectivity index (χ0v) is 18.2. The molecule has 2 N–H and O–H groups in total. The lowest BCUT2D eigenvalue weighted by Gasteiger charge is -2.58. The Morgan fingerprint density at radius 1 is 1.30 bits per heavy atom. The van der Waals surface area contributed by atoms with Gasteiger partial charge in [0.05, 0.1) is 20.3 Å². The van der Waals surface area contributed by atoms with Crippen molar-refractivity contribution in [3.8, 4) is 11.5 Å². The van der Waals surface area contributed by atoms with Crippen LogP contribution in [0.25, 0.3) is 0 Å². The number of hydrogen-bond acceptors (Lipinski definition) is 6. The van der Waals surface area contributed by atoms with Crippen LogP contribution in [0, 0.1) is 5.41 Å². The third kappa shape index (κ3) is 3.77. The highest BCUT2D eigenvalue weighted by Crippen LogP contribution is 2.50. The van der Waals surface area contributed by atoms with Crippen molar-refractivity contribution in [3.05, 3.63) is 17.7 Å². The predicted molar refractivity (Wildman–Crippen MR) is 109 cm³/mol. The van der Waals surface area contributed by atoms with Gasteiger partial charge >= 0.3 is 0 Å². The van der Waals surface area contributed by atoms with E-state index in [1.807, 2.05) is 39.2 Å². The summed E-state index contributed by atoms with van der Waals surface area (Å²) in [4.78, 5) is 15.9. The Morgan fingerprint density at radius 3 is 2.37 bits per heavy atom. The van der Waals surface area contributed by atoms with Crippen LogP contribution in [-0.2, 0) is 16.1 Å². The lowest BCUT2D eigenvalue weighted by Crippen LogP contribution is -2.75. The maximum atomic E-state index is 13.2. The van der Waals surface area contributed by atoms with Gasteiger partial charge in [0.1, 0.15) is 5.54 Å². The number of hydrogen-bond donors (Lipinski definition) is 1. The SMILES string of the molecule is CCOC1CC(N)(C(=O)N(C)Cc2cc(OC)c(OC)cc2SC)C1(C)C. The van der Waals surface area contributed by atoms with Crippen molar-refractivity contribution in [2.45, 2.75) is 50.3 Å². The van der Waals surface area contributed by atoms with E-state index in [1.165, 1.54) is 0 Å². The third-order valence-corrected chi connectivity index (χ3v) is 6.57. The molecule has 0 aromatic heterocycles. The summed E-state index contributed by atoms with van der Waals surface area (Å²) in [6, 6.07) is 3.86. The van der Waals surface area contributed by atoms with E-state index in [-0.39, 0.29) is 12.0 Å².